The lowest BCUT2D eigenvalue weighted by atomic mass is 10.2. The molecule has 2 aromatic rings. The van der Waals surface area contributed by atoms with E-state index in [9.17, 15) is 9.59 Å². The number of anilines is 3. The van der Waals surface area contributed by atoms with Crippen LogP contribution in [0.2, 0.25) is 5.02 Å². The molecule has 0 spiro atoms. The van der Waals surface area contributed by atoms with Gasteiger partial charge in [-0.3, -0.25) is 9.59 Å². The van der Waals surface area contributed by atoms with Gasteiger partial charge in [-0.2, -0.15) is 0 Å². The van der Waals surface area contributed by atoms with E-state index in [0.717, 1.165) is 23.5 Å². The zero-order chi connectivity index (χ0) is 17.8. The van der Waals surface area contributed by atoms with E-state index in [2.05, 4.69) is 10.6 Å². The molecule has 1 unspecified atom stereocenters. The highest BCUT2D eigenvalue weighted by molar-refractivity contribution is 6.34. The van der Waals surface area contributed by atoms with Crippen LogP contribution in [0.1, 0.15) is 19.8 Å². The molecule has 0 aromatic heterocycles. The summed E-state index contributed by atoms with van der Waals surface area (Å²) < 4.78 is 0. The summed E-state index contributed by atoms with van der Waals surface area (Å²) in [5, 5.41) is 6.48. The molecule has 2 aromatic carbocycles. The second-order valence-corrected chi connectivity index (χ2v) is 6.44. The first-order chi connectivity index (χ1) is 12.0. The summed E-state index contributed by atoms with van der Waals surface area (Å²) in [6.45, 7) is 2.48. The van der Waals surface area contributed by atoms with Crippen LogP contribution in [0.5, 0.6) is 0 Å². The Morgan fingerprint density at radius 2 is 1.92 bits per heavy atom. The molecule has 1 heterocycles. The van der Waals surface area contributed by atoms with Crippen molar-refractivity contribution >= 4 is 40.5 Å². The number of benzene rings is 2. The maximum absolute atomic E-state index is 12.3. The highest BCUT2D eigenvalue weighted by Gasteiger charge is 2.23. The number of nitrogens with one attached hydrogen (secondary N) is 2. The van der Waals surface area contributed by atoms with Gasteiger partial charge in [0, 0.05) is 24.3 Å². The fourth-order valence-electron chi connectivity index (χ4n) is 2.81. The van der Waals surface area contributed by atoms with Crippen LogP contribution in [-0.2, 0) is 9.59 Å². The summed E-state index contributed by atoms with van der Waals surface area (Å²) in [5.74, 6) is -0.0423. The first-order valence-corrected chi connectivity index (χ1v) is 8.65. The van der Waals surface area contributed by atoms with Gasteiger partial charge in [0.05, 0.1) is 10.7 Å². The van der Waals surface area contributed by atoms with Crippen molar-refractivity contribution in [2.45, 2.75) is 25.8 Å². The minimum Gasteiger partial charge on any atom is -0.374 e. The highest BCUT2D eigenvalue weighted by atomic mass is 35.5. The quantitative estimate of drug-likeness (QED) is 0.853. The van der Waals surface area contributed by atoms with E-state index in [1.807, 2.05) is 42.5 Å². The zero-order valence-corrected chi connectivity index (χ0v) is 14.7. The van der Waals surface area contributed by atoms with Crippen LogP contribution >= 0.6 is 11.6 Å². The van der Waals surface area contributed by atoms with Crippen molar-refractivity contribution in [3.63, 3.8) is 0 Å². The molecule has 0 saturated carbocycles. The van der Waals surface area contributed by atoms with Crippen LogP contribution in [0, 0.1) is 0 Å². The summed E-state index contributed by atoms with van der Waals surface area (Å²) in [5.41, 5.74) is 2.20. The summed E-state index contributed by atoms with van der Waals surface area (Å²) in [6, 6.07) is 14.3. The Kier molecular flexibility index (Phi) is 5.24. The molecule has 2 amide bonds. The average molecular weight is 358 g/mol. The summed E-state index contributed by atoms with van der Waals surface area (Å²) in [4.78, 5) is 25.8. The van der Waals surface area contributed by atoms with Crippen molar-refractivity contribution in [2.24, 2.45) is 0 Å². The predicted molar refractivity (Wildman–Crippen MR) is 101 cm³/mol. The molecule has 1 aliphatic rings. The minimum absolute atomic E-state index is 0.0956. The maximum Gasteiger partial charge on any atom is 0.246 e. The van der Waals surface area contributed by atoms with Crippen molar-refractivity contribution in [3.8, 4) is 0 Å². The molecule has 3 rings (SSSR count). The lowest BCUT2D eigenvalue weighted by Gasteiger charge is -2.20. The topological polar surface area (TPSA) is 61.4 Å². The molecule has 0 radical (unpaired) electrons. The smallest absolute Gasteiger partial charge is 0.246 e. The van der Waals surface area contributed by atoms with Gasteiger partial charge < -0.3 is 15.5 Å². The fourth-order valence-corrected chi connectivity index (χ4v) is 3.09. The van der Waals surface area contributed by atoms with Gasteiger partial charge in [-0.05, 0) is 43.7 Å². The van der Waals surface area contributed by atoms with Crippen LogP contribution in [-0.4, -0.2) is 24.4 Å². The number of hydrogen-bond donors (Lipinski definition) is 2. The van der Waals surface area contributed by atoms with Crippen molar-refractivity contribution in [1.82, 2.24) is 0 Å². The number of nitrogens with zero attached hydrogens (tertiary/aromatic N) is 1. The van der Waals surface area contributed by atoms with E-state index in [-0.39, 0.29) is 11.8 Å². The first kappa shape index (κ1) is 17.3. The van der Waals surface area contributed by atoms with Crippen molar-refractivity contribution in [3.05, 3.63) is 53.6 Å². The summed E-state index contributed by atoms with van der Waals surface area (Å²) in [7, 11) is 0. The number of carbonyl (C=O) groups excluding carboxylic acids is 2. The van der Waals surface area contributed by atoms with Crippen LogP contribution in [0.4, 0.5) is 17.1 Å². The molecule has 5 nitrogen and oxygen atoms in total. The van der Waals surface area contributed by atoms with E-state index in [1.165, 1.54) is 0 Å². The SMILES string of the molecule is CC(Nc1ccc(N2CCCC2=O)c(Cl)c1)C(=O)Nc1ccccc1. The second-order valence-electron chi connectivity index (χ2n) is 6.04. The van der Waals surface area contributed by atoms with Gasteiger partial charge in [-0.15, -0.1) is 0 Å². The molecule has 25 heavy (non-hydrogen) atoms. The average Bonchev–Trinajstić information content (AvgIpc) is 3.01. The second kappa shape index (κ2) is 7.57. The number of hydrogen-bond acceptors (Lipinski definition) is 3. The van der Waals surface area contributed by atoms with Crippen LogP contribution < -0.4 is 15.5 Å². The maximum atomic E-state index is 12.3. The largest absolute Gasteiger partial charge is 0.374 e. The molecule has 130 valence electrons. The molecule has 1 atom stereocenters. The highest BCUT2D eigenvalue weighted by Crippen LogP contribution is 2.31. The molecule has 1 aliphatic heterocycles. The zero-order valence-electron chi connectivity index (χ0n) is 14.0. The molecule has 0 bridgehead atoms. The number of rotatable bonds is 5. The van der Waals surface area contributed by atoms with Crippen molar-refractivity contribution in [2.75, 3.05) is 22.1 Å². The van der Waals surface area contributed by atoms with Gasteiger partial charge in [0.1, 0.15) is 6.04 Å². The monoisotopic (exact) mass is 357 g/mol. The van der Waals surface area contributed by atoms with Crippen molar-refractivity contribution < 1.29 is 9.59 Å². The Bertz CT molecular complexity index is 779. The van der Waals surface area contributed by atoms with Gasteiger partial charge in [0.15, 0.2) is 0 Å². The van der Waals surface area contributed by atoms with E-state index < -0.39 is 6.04 Å². The predicted octanol–water partition coefficient (Wildman–Crippen LogP) is 3.91. The van der Waals surface area contributed by atoms with Gasteiger partial charge in [-0.1, -0.05) is 29.8 Å². The number of halogens is 1. The molecule has 0 aliphatic carbocycles. The normalized spacial score (nSPS) is 15.1. The van der Waals surface area contributed by atoms with Crippen LogP contribution in [0.15, 0.2) is 48.5 Å². The Balaban J connectivity index is 1.65. The first-order valence-electron chi connectivity index (χ1n) is 8.27. The van der Waals surface area contributed by atoms with E-state index in [0.29, 0.717) is 18.0 Å². The van der Waals surface area contributed by atoms with Crippen LogP contribution in [0.3, 0.4) is 0 Å². The summed E-state index contributed by atoms with van der Waals surface area (Å²) in [6.07, 6.45) is 1.42. The Labute approximate surface area is 152 Å². The van der Waals surface area contributed by atoms with E-state index >= 15 is 0 Å². The van der Waals surface area contributed by atoms with Gasteiger partial charge in [-0.25, -0.2) is 0 Å². The third-order valence-electron chi connectivity index (χ3n) is 4.13. The molecular formula is C19H20ClN3O2. The Morgan fingerprint density at radius 3 is 2.56 bits per heavy atom. The van der Waals surface area contributed by atoms with Gasteiger partial charge in [0.25, 0.3) is 0 Å². The molecule has 2 N–H and O–H groups in total. The number of amides is 2. The van der Waals surface area contributed by atoms with Crippen molar-refractivity contribution in [1.29, 1.82) is 0 Å². The molecule has 6 heteroatoms. The third-order valence-corrected chi connectivity index (χ3v) is 4.43. The number of carbonyl (C=O) groups is 2. The molecule has 1 saturated heterocycles. The Hall–Kier alpha value is -2.53. The third kappa shape index (κ3) is 4.12. The lowest BCUT2D eigenvalue weighted by Crippen LogP contribution is -2.31. The lowest BCUT2D eigenvalue weighted by molar-refractivity contribution is -0.117. The van der Waals surface area contributed by atoms with Crippen LogP contribution in [0.25, 0.3) is 0 Å². The number of para-hydroxylation sites is 1. The minimum atomic E-state index is -0.435. The Morgan fingerprint density at radius 1 is 1.16 bits per heavy atom. The summed E-state index contributed by atoms with van der Waals surface area (Å²) >= 11 is 6.33. The molecular weight excluding hydrogens is 338 g/mol. The fraction of sp³-hybridized carbons (Fsp3) is 0.263. The van der Waals surface area contributed by atoms with Gasteiger partial charge >= 0.3 is 0 Å². The molecule has 1 fully saturated rings. The van der Waals surface area contributed by atoms with E-state index in [4.69, 9.17) is 11.6 Å². The van der Waals surface area contributed by atoms with Gasteiger partial charge in [0.2, 0.25) is 11.8 Å². The standard InChI is InChI=1S/C19H20ClN3O2/c1-13(19(25)22-14-6-3-2-4-7-14)21-15-9-10-17(16(20)12-15)23-11-5-8-18(23)24/h2-4,6-7,9-10,12-13,21H,5,8,11H2,1H3,(H,22,25). The van der Waals surface area contributed by atoms with E-state index in [1.54, 1.807) is 17.9 Å².